The van der Waals surface area contributed by atoms with Crippen molar-refractivity contribution in [3.63, 3.8) is 0 Å². The van der Waals surface area contributed by atoms with Gasteiger partial charge < -0.3 is 5.32 Å². The summed E-state index contributed by atoms with van der Waals surface area (Å²) in [6.45, 7) is 0.725. The molecule has 0 saturated carbocycles. The Labute approximate surface area is 82.0 Å². The van der Waals surface area contributed by atoms with Crippen LogP contribution in [0.5, 0.6) is 0 Å². The lowest BCUT2D eigenvalue weighted by Crippen LogP contribution is -2.15. The first-order chi connectivity index (χ1) is 5.25. The van der Waals surface area contributed by atoms with Crippen LogP contribution in [0.4, 0.5) is 0 Å². The fraction of sp³-hybridized carbons (Fsp3) is 0.286. The van der Waals surface area contributed by atoms with Crippen LogP contribution in [0.2, 0.25) is 0 Å². The fourth-order valence-corrected chi connectivity index (χ4v) is 1.65. The van der Waals surface area contributed by atoms with Crippen molar-refractivity contribution in [3.05, 3.63) is 22.3 Å². The maximum Gasteiger partial charge on any atom is 0.174 e. The summed E-state index contributed by atoms with van der Waals surface area (Å²) in [4.78, 5) is 11.2. The van der Waals surface area contributed by atoms with Crippen molar-refractivity contribution < 1.29 is 4.79 Å². The van der Waals surface area contributed by atoms with Gasteiger partial charge in [-0.15, -0.1) is 0 Å². The molecule has 0 aromatic rings. The van der Waals surface area contributed by atoms with Gasteiger partial charge >= 0.3 is 0 Å². The van der Waals surface area contributed by atoms with Crippen LogP contribution >= 0.6 is 31.9 Å². The van der Waals surface area contributed by atoms with E-state index in [0.29, 0.717) is 5.33 Å². The molecule has 0 aliphatic carbocycles. The molecule has 1 rings (SSSR count). The second-order valence-corrected chi connectivity index (χ2v) is 3.49. The van der Waals surface area contributed by atoms with Crippen molar-refractivity contribution in [2.24, 2.45) is 0 Å². The van der Waals surface area contributed by atoms with Crippen molar-refractivity contribution >= 4 is 37.6 Å². The third kappa shape index (κ3) is 2.17. The number of dihydropyridines is 1. The number of halogens is 2. The number of allylic oxidation sites excluding steroid dienone is 2. The minimum absolute atomic E-state index is 0.106. The zero-order valence-corrected chi connectivity index (χ0v) is 8.91. The standard InChI is InChI=1S/C7H7Br2NO/c8-3-7(11)5-1-2-10-4-6(5)9/h1,4,10H,2-3H2. The Balaban J connectivity index is 2.78. The Hall–Kier alpha value is -0.0900. The number of nitrogens with one attached hydrogen (secondary N) is 1. The number of hydrogen-bond donors (Lipinski definition) is 1. The molecule has 11 heavy (non-hydrogen) atoms. The smallest absolute Gasteiger partial charge is 0.174 e. The minimum atomic E-state index is 0.106. The lowest BCUT2D eigenvalue weighted by Gasteiger charge is -2.09. The molecule has 0 aromatic carbocycles. The first-order valence-corrected chi connectivity index (χ1v) is 5.06. The van der Waals surface area contributed by atoms with Crippen molar-refractivity contribution in [2.75, 3.05) is 11.9 Å². The van der Waals surface area contributed by atoms with Gasteiger partial charge in [-0.2, -0.15) is 0 Å². The van der Waals surface area contributed by atoms with Gasteiger partial charge in [0.1, 0.15) is 0 Å². The molecule has 1 N–H and O–H groups in total. The lowest BCUT2D eigenvalue weighted by molar-refractivity contribution is -0.112. The van der Waals surface area contributed by atoms with Crippen LogP contribution in [0.15, 0.2) is 22.3 Å². The molecule has 0 spiro atoms. The van der Waals surface area contributed by atoms with E-state index in [1.807, 2.05) is 6.08 Å². The molecule has 2 nitrogen and oxygen atoms in total. The van der Waals surface area contributed by atoms with Crippen molar-refractivity contribution in [1.82, 2.24) is 5.32 Å². The van der Waals surface area contributed by atoms with Crippen LogP contribution in [-0.2, 0) is 4.79 Å². The topological polar surface area (TPSA) is 29.1 Å². The Morgan fingerprint density at radius 3 is 3.00 bits per heavy atom. The van der Waals surface area contributed by atoms with Gasteiger partial charge in [0.15, 0.2) is 5.78 Å². The molecule has 0 amide bonds. The van der Waals surface area contributed by atoms with Crippen LogP contribution in [0.3, 0.4) is 0 Å². The average Bonchev–Trinajstić information content (AvgIpc) is 2.04. The van der Waals surface area contributed by atoms with Crippen LogP contribution < -0.4 is 5.32 Å². The molecular weight excluding hydrogens is 274 g/mol. The molecule has 60 valence electrons. The summed E-state index contributed by atoms with van der Waals surface area (Å²) in [5.74, 6) is 0.106. The second-order valence-electron chi connectivity index (χ2n) is 2.08. The predicted molar refractivity (Wildman–Crippen MR) is 51.9 cm³/mol. The zero-order chi connectivity index (χ0) is 8.27. The zero-order valence-electron chi connectivity index (χ0n) is 5.73. The summed E-state index contributed by atoms with van der Waals surface area (Å²) < 4.78 is 0.827. The lowest BCUT2D eigenvalue weighted by atomic mass is 10.1. The molecule has 0 saturated heterocycles. The van der Waals surface area contributed by atoms with E-state index in [9.17, 15) is 4.79 Å². The predicted octanol–water partition coefficient (Wildman–Crippen LogP) is 1.72. The van der Waals surface area contributed by atoms with Gasteiger partial charge in [0.25, 0.3) is 0 Å². The van der Waals surface area contributed by atoms with Crippen molar-refractivity contribution in [2.45, 2.75) is 0 Å². The van der Waals surface area contributed by atoms with Crippen LogP contribution in [0, 0.1) is 0 Å². The highest BCUT2D eigenvalue weighted by molar-refractivity contribution is 9.12. The molecule has 0 radical (unpaired) electrons. The van der Waals surface area contributed by atoms with Gasteiger partial charge in [0.05, 0.1) is 5.33 Å². The highest BCUT2D eigenvalue weighted by atomic mass is 79.9. The van der Waals surface area contributed by atoms with Gasteiger partial charge in [-0.25, -0.2) is 0 Å². The van der Waals surface area contributed by atoms with Gasteiger partial charge in [-0.3, -0.25) is 4.79 Å². The summed E-state index contributed by atoms with van der Waals surface area (Å²) >= 11 is 6.40. The highest BCUT2D eigenvalue weighted by Gasteiger charge is 2.12. The molecule has 0 bridgehead atoms. The average molecular weight is 281 g/mol. The maximum atomic E-state index is 11.2. The molecule has 0 unspecified atom stereocenters. The number of carbonyl (C=O) groups excluding carboxylic acids is 1. The van der Waals surface area contributed by atoms with Crippen molar-refractivity contribution in [3.8, 4) is 0 Å². The van der Waals surface area contributed by atoms with Gasteiger partial charge in [-0.1, -0.05) is 22.0 Å². The van der Waals surface area contributed by atoms with E-state index in [4.69, 9.17) is 0 Å². The van der Waals surface area contributed by atoms with E-state index in [2.05, 4.69) is 37.2 Å². The first-order valence-electron chi connectivity index (χ1n) is 3.14. The van der Waals surface area contributed by atoms with E-state index >= 15 is 0 Å². The Bertz CT molecular complexity index is 233. The second kappa shape index (κ2) is 4.07. The summed E-state index contributed by atoms with van der Waals surface area (Å²) in [7, 11) is 0. The largest absolute Gasteiger partial charge is 0.386 e. The molecule has 0 atom stereocenters. The number of hydrogen-bond acceptors (Lipinski definition) is 2. The Kier molecular flexibility index (Phi) is 3.33. The highest BCUT2D eigenvalue weighted by Crippen LogP contribution is 2.19. The quantitative estimate of drug-likeness (QED) is 0.781. The van der Waals surface area contributed by atoms with Crippen LogP contribution in [-0.4, -0.2) is 17.7 Å². The molecule has 1 aliphatic rings. The molecule has 0 fully saturated rings. The molecule has 0 aromatic heterocycles. The number of Topliss-reactive ketones (excluding diaryl/α,β-unsaturated/α-hetero) is 1. The number of ketones is 1. The van der Waals surface area contributed by atoms with Gasteiger partial charge in [-0.05, 0) is 15.9 Å². The normalized spacial score (nSPS) is 16.5. The van der Waals surface area contributed by atoms with Gasteiger partial charge in [0.2, 0.25) is 0 Å². The van der Waals surface area contributed by atoms with Gasteiger partial charge in [0, 0.05) is 22.8 Å². The van der Waals surface area contributed by atoms with E-state index in [1.165, 1.54) is 0 Å². The summed E-state index contributed by atoms with van der Waals surface area (Å²) in [6.07, 6.45) is 3.66. The fourth-order valence-electron chi connectivity index (χ4n) is 0.804. The third-order valence-electron chi connectivity index (χ3n) is 1.33. The summed E-state index contributed by atoms with van der Waals surface area (Å²) in [6, 6.07) is 0. The summed E-state index contributed by atoms with van der Waals surface area (Å²) in [5.41, 5.74) is 0.751. The monoisotopic (exact) mass is 279 g/mol. The molecular formula is C7H7Br2NO. The minimum Gasteiger partial charge on any atom is -0.386 e. The van der Waals surface area contributed by atoms with Crippen molar-refractivity contribution in [1.29, 1.82) is 0 Å². The first kappa shape index (κ1) is 9.00. The molecule has 1 heterocycles. The molecule has 1 aliphatic heterocycles. The van der Waals surface area contributed by atoms with E-state index in [-0.39, 0.29) is 5.78 Å². The SMILES string of the molecule is O=C(CBr)C1=CCNC=C1Br. The van der Waals surface area contributed by atoms with E-state index in [1.54, 1.807) is 6.20 Å². The van der Waals surface area contributed by atoms with E-state index in [0.717, 1.165) is 16.6 Å². The maximum absolute atomic E-state index is 11.2. The molecule has 4 heteroatoms. The summed E-state index contributed by atoms with van der Waals surface area (Å²) in [5, 5.41) is 3.37. The Morgan fingerprint density at radius 2 is 2.45 bits per heavy atom. The Morgan fingerprint density at radius 1 is 1.73 bits per heavy atom. The van der Waals surface area contributed by atoms with Crippen LogP contribution in [0.25, 0.3) is 0 Å². The third-order valence-corrected chi connectivity index (χ3v) is 2.50. The van der Waals surface area contributed by atoms with Crippen LogP contribution in [0.1, 0.15) is 0 Å². The number of carbonyl (C=O) groups is 1. The van der Waals surface area contributed by atoms with E-state index < -0.39 is 0 Å². The number of alkyl halides is 1. The number of rotatable bonds is 2.